The molecule has 3 aliphatic rings. The molecule has 5 aromatic rings. The van der Waals surface area contributed by atoms with Gasteiger partial charge in [0.15, 0.2) is 0 Å². The van der Waals surface area contributed by atoms with E-state index in [9.17, 15) is 9.59 Å². The fourth-order valence-electron chi connectivity index (χ4n) is 6.14. The van der Waals surface area contributed by atoms with Gasteiger partial charge in [0.05, 0.1) is 40.3 Å². The lowest BCUT2D eigenvalue weighted by Crippen LogP contribution is -2.17. The van der Waals surface area contributed by atoms with E-state index in [1.807, 2.05) is 30.3 Å². The number of amides is 2. The van der Waals surface area contributed by atoms with Gasteiger partial charge in [0, 0.05) is 33.5 Å². The van der Waals surface area contributed by atoms with Gasteiger partial charge in [0.1, 0.15) is 6.23 Å². The molecule has 2 bridgehead atoms. The molecule has 7 heteroatoms. The summed E-state index contributed by atoms with van der Waals surface area (Å²) in [6.07, 6.45) is 0.769. The van der Waals surface area contributed by atoms with E-state index in [1.54, 1.807) is 0 Å². The molecule has 31 heavy (non-hydrogen) atoms. The predicted molar refractivity (Wildman–Crippen MR) is 121 cm³/mol. The normalized spacial score (nSPS) is 22.0. The first kappa shape index (κ1) is 16.5. The van der Waals surface area contributed by atoms with Crippen molar-refractivity contribution in [1.82, 2.24) is 13.8 Å². The Hall–Kier alpha value is -3.21. The smallest absolute Gasteiger partial charge is 0.265 e. The summed E-state index contributed by atoms with van der Waals surface area (Å²) < 4.78 is 12.1. The Labute approximate surface area is 178 Å². The summed E-state index contributed by atoms with van der Waals surface area (Å²) >= 11 is 0. The lowest BCUT2D eigenvalue weighted by atomic mass is 9.96. The molecule has 0 spiro atoms. The van der Waals surface area contributed by atoms with Gasteiger partial charge >= 0.3 is 0 Å². The molecular formula is C24H16N3O3P. The molecule has 3 aromatic carbocycles. The molecule has 6 nitrogen and oxygen atoms in total. The number of aromatic nitrogens is 2. The molecule has 1 saturated heterocycles. The lowest BCUT2D eigenvalue weighted by Gasteiger charge is -2.16. The van der Waals surface area contributed by atoms with Gasteiger partial charge in [-0.05, 0) is 21.5 Å². The average Bonchev–Trinajstić information content (AvgIpc) is 3.49. The molecule has 0 radical (unpaired) electrons. The van der Waals surface area contributed by atoms with Gasteiger partial charge in [-0.2, -0.15) is 0 Å². The van der Waals surface area contributed by atoms with Crippen molar-refractivity contribution in [3.63, 3.8) is 0 Å². The zero-order valence-electron chi connectivity index (χ0n) is 16.3. The number of carbonyl (C=O) groups is 2. The third kappa shape index (κ3) is 1.65. The number of carbonyl (C=O) groups excluding carboxylic acids is 2. The lowest BCUT2D eigenvalue weighted by molar-refractivity contribution is 0.0607. The van der Waals surface area contributed by atoms with Crippen LogP contribution in [0.25, 0.3) is 43.6 Å². The number of imide groups is 1. The van der Waals surface area contributed by atoms with Crippen LogP contribution in [0, 0.1) is 0 Å². The summed E-state index contributed by atoms with van der Waals surface area (Å²) in [5.41, 5.74) is 5.21. The topological polar surface area (TPSA) is 56.5 Å². The second-order valence-corrected chi connectivity index (χ2v) is 9.15. The monoisotopic (exact) mass is 425 g/mol. The molecule has 0 aliphatic carbocycles. The second kappa shape index (κ2) is 5.16. The SMILES string of the molecule is O=C1c2c(c3c4ccccc4n4c3c3c2c2ccccc2n3C2COC4C2)C(=O)N1P. The first-order chi connectivity index (χ1) is 15.2. The second-order valence-electron chi connectivity index (χ2n) is 8.63. The Morgan fingerprint density at radius 1 is 0.806 bits per heavy atom. The standard InChI is InChI=1S/C24H16N3O3P/c28-23-19-17-12-5-1-3-7-14(12)25-11-9-16(30-10-11)26-15-8-4-2-6-13(15)18(22(26)21(17)25)20(19)24(29)27(23)31/h1-8,11,16H,9-10,31H2. The van der Waals surface area contributed by atoms with Crippen LogP contribution < -0.4 is 0 Å². The van der Waals surface area contributed by atoms with E-state index in [-0.39, 0.29) is 24.1 Å². The van der Waals surface area contributed by atoms with Crippen LogP contribution in [-0.2, 0) is 4.74 Å². The maximum Gasteiger partial charge on any atom is 0.265 e. The average molecular weight is 425 g/mol. The van der Waals surface area contributed by atoms with Gasteiger partial charge < -0.3 is 13.9 Å². The Balaban J connectivity index is 1.81. The van der Waals surface area contributed by atoms with Gasteiger partial charge in [-0.1, -0.05) is 36.4 Å². The summed E-state index contributed by atoms with van der Waals surface area (Å²) in [4.78, 5) is 26.7. The van der Waals surface area contributed by atoms with E-state index in [1.165, 1.54) is 4.67 Å². The molecule has 2 aromatic heterocycles. The fourth-order valence-corrected chi connectivity index (χ4v) is 6.40. The van der Waals surface area contributed by atoms with Crippen molar-refractivity contribution < 1.29 is 14.3 Å². The van der Waals surface area contributed by atoms with E-state index >= 15 is 0 Å². The highest BCUT2D eigenvalue weighted by molar-refractivity contribution is 7.16. The summed E-state index contributed by atoms with van der Waals surface area (Å²) in [6.45, 7) is 0.631. The fraction of sp³-hybridized carbons (Fsp3) is 0.167. The molecule has 3 unspecified atom stereocenters. The van der Waals surface area contributed by atoms with Gasteiger partial charge in [-0.15, -0.1) is 0 Å². The van der Waals surface area contributed by atoms with Crippen molar-refractivity contribution in [2.24, 2.45) is 0 Å². The molecule has 3 aliphatic heterocycles. The van der Waals surface area contributed by atoms with Gasteiger partial charge in [-0.3, -0.25) is 14.3 Å². The Bertz CT molecular complexity index is 1570. The minimum Gasteiger partial charge on any atom is -0.356 e. The number of rotatable bonds is 0. The highest BCUT2D eigenvalue weighted by Crippen LogP contribution is 2.52. The Morgan fingerprint density at radius 3 is 2.00 bits per heavy atom. The minimum absolute atomic E-state index is 0.0911. The molecule has 1 fully saturated rings. The molecular weight excluding hydrogens is 409 g/mol. The van der Waals surface area contributed by atoms with Crippen molar-refractivity contribution in [2.75, 3.05) is 6.61 Å². The number of ether oxygens (including phenoxy) is 1. The van der Waals surface area contributed by atoms with Crippen molar-refractivity contribution in [3.8, 4) is 0 Å². The number of nitrogens with zero attached hydrogens (tertiary/aromatic N) is 3. The Morgan fingerprint density at radius 2 is 1.35 bits per heavy atom. The highest BCUT2D eigenvalue weighted by Gasteiger charge is 2.44. The number of para-hydroxylation sites is 2. The van der Waals surface area contributed by atoms with Crippen molar-refractivity contribution in [2.45, 2.75) is 18.7 Å². The maximum absolute atomic E-state index is 13.4. The van der Waals surface area contributed by atoms with Crippen molar-refractivity contribution >= 4 is 64.8 Å². The van der Waals surface area contributed by atoms with E-state index in [0.717, 1.165) is 50.0 Å². The summed E-state index contributed by atoms with van der Waals surface area (Å²) in [6, 6.07) is 16.5. The molecule has 3 atom stereocenters. The van der Waals surface area contributed by atoms with E-state index in [2.05, 4.69) is 36.7 Å². The van der Waals surface area contributed by atoms with Crippen molar-refractivity contribution in [3.05, 3.63) is 59.7 Å². The molecule has 0 saturated carbocycles. The summed E-state index contributed by atoms with van der Waals surface area (Å²) in [7, 11) is 2.31. The summed E-state index contributed by atoms with van der Waals surface area (Å²) in [5, 5.41) is 3.75. The molecule has 5 heterocycles. The number of hydrogen-bond acceptors (Lipinski definition) is 3. The third-order valence-corrected chi connectivity index (χ3v) is 7.74. The van der Waals surface area contributed by atoms with Gasteiger partial charge in [0.2, 0.25) is 0 Å². The Kier molecular flexibility index (Phi) is 2.74. The number of benzene rings is 3. The van der Waals surface area contributed by atoms with E-state index in [4.69, 9.17) is 4.74 Å². The summed E-state index contributed by atoms with van der Waals surface area (Å²) in [5.74, 6) is -0.515. The van der Waals surface area contributed by atoms with E-state index in [0.29, 0.717) is 17.7 Å². The molecule has 0 N–H and O–H groups in total. The largest absolute Gasteiger partial charge is 0.356 e. The van der Waals surface area contributed by atoms with Crippen molar-refractivity contribution in [1.29, 1.82) is 0 Å². The zero-order valence-corrected chi connectivity index (χ0v) is 17.5. The third-order valence-electron chi connectivity index (χ3n) is 7.27. The first-order valence-electron chi connectivity index (χ1n) is 10.4. The predicted octanol–water partition coefficient (Wildman–Crippen LogP) is 4.76. The highest BCUT2D eigenvalue weighted by atomic mass is 31.0. The van der Waals surface area contributed by atoms with Crippen LogP contribution in [0.2, 0.25) is 0 Å². The maximum atomic E-state index is 13.4. The van der Waals surface area contributed by atoms with Crippen LogP contribution in [0.5, 0.6) is 0 Å². The van der Waals surface area contributed by atoms with Crippen LogP contribution in [-0.4, -0.2) is 32.2 Å². The minimum atomic E-state index is -0.262. The van der Waals surface area contributed by atoms with Gasteiger partial charge in [-0.25, -0.2) is 0 Å². The molecule has 2 amide bonds. The van der Waals surface area contributed by atoms with Crippen LogP contribution in [0.4, 0.5) is 0 Å². The number of fused-ring (bicyclic) bond motifs is 13. The van der Waals surface area contributed by atoms with E-state index < -0.39 is 0 Å². The van der Waals surface area contributed by atoms with Crippen LogP contribution in [0.3, 0.4) is 0 Å². The first-order valence-corrected chi connectivity index (χ1v) is 10.9. The van der Waals surface area contributed by atoms with Crippen LogP contribution >= 0.6 is 9.39 Å². The van der Waals surface area contributed by atoms with Crippen LogP contribution in [0.15, 0.2) is 48.5 Å². The van der Waals surface area contributed by atoms with Crippen LogP contribution in [0.1, 0.15) is 39.4 Å². The number of hydrogen-bond donors (Lipinski definition) is 0. The quantitative estimate of drug-likeness (QED) is 0.266. The molecule has 8 rings (SSSR count). The van der Waals surface area contributed by atoms with Gasteiger partial charge in [0.25, 0.3) is 11.8 Å². The molecule has 150 valence electrons. The zero-order chi connectivity index (χ0) is 20.6.